The summed E-state index contributed by atoms with van der Waals surface area (Å²) >= 11 is 6.63. The minimum absolute atomic E-state index is 0.0346. The van der Waals surface area contributed by atoms with E-state index in [-0.39, 0.29) is 36.0 Å². The van der Waals surface area contributed by atoms with Gasteiger partial charge in [0.05, 0.1) is 29.2 Å². The van der Waals surface area contributed by atoms with Crippen molar-refractivity contribution in [3.05, 3.63) is 80.4 Å². The molecule has 2 atom stereocenters. The highest BCUT2D eigenvalue weighted by molar-refractivity contribution is 8.26. The van der Waals surface area contributed by atoms with Crippen molar-refractivity contribution in [1.82, 2.24) is 14.3 Å². The third-order valence-corrected chi connectivity index (χ3v) is 7.56. The Kier molecular flexibility index (Phi) is 6.67. The van der Waals surface area contributed by atoms with Crippen LogP contribution in [0.4, 0.5) is 10.2 Å². The minimum atomic E-state index is -0.345. The zero-order valence-electron chi connectivity index (χ0n) is 20.1. The van der Waals surface area contributed by atoms with Gasteiger partial charge < -0.3 is 9.64 Å². The van der Waals surface area contributed by atoms with Gasteiger partial charge in [-0.1, -0.05) is 42.2 Å². The summed E-state index contributed by atoms with van der Waals surface area (Å²) in [6, 6.07) is 9.66. The standard InChI is InChI=1S/C26H25FN4O3S2/c1-15-5-4-10-30-22(15)28-23(29-12-16(2)34-17(3)13-29)20(24(30)32)11-21-25(33)31(26(35)36-21)14-18-6-8-19(27)9-7-18/h4-11,16-17H,12-14H2,1-3H3/b21-11+. The van der Waals surface area contributed by atoms with Crippen molar-refractivity contribution >= 4 is 51.7 Å². The van der Waals surface area contributed by atoms with E-state index in [1.807, 2.05) is 26.8 Å². The average molecular weight is 525 g/mol. The van der Waals surface area contributed by atoms with E-state index in [1.54, 1.807) is 30.5 Å². The van der Waals surface area contributed by atoms with Gasteiger partial charge in [0.15, 0.2) is 0 Å². The summed E-state index contributed by atoms with van der Waals surface area (Å²) in [7, 11) is 0. The van der Waals surface area contributed by atoms with Crippen molar-refractivity contribution in [2.45, 2.75) is 39.5 Å². The molecule has 0 spiro atoms. The normalized spacial score (nSPS) is 21.7. The molecule has 2 aliphatic rings. The minimum Gasteiger partial charge on any atom is -0.372 e. The van der Waals surface area contributed by atoms with Gasteiger partial charge in [-0.2, -0.15) is 0 Å². The van der Waals surface area contributed by atoms with E-state index < -0.39 is 0 Å². The number of carbonyl (C=O) groups excluding carboxylic acids is 1. The Labute approximate surface area is 217 Å². The number of amides is 1. The molecule has 0 bridgehead atoms. The molecule has 2 aliphatic heterocycles. The van der Waals surface area contributed by atoms with Gasteiger partial charge in [-0.15, -0.1) is 0 Å². The van der Waals surface area contributed by atoms with Crippen LogP contribution in [0.2, 0.25) is 0 Å². The van der Waals surface area contributed by atoms with Crippen molar-refractivity contribution in [3.63, 3.8) is 0 Å². The first-order valence-corrected chi connectivity index (χ1v) is 12.9. The van der Waals surface area contributed by atoms with Crippen LogP contribution in [-0.2, 0) is 16.1 Å². The van der Waals surface area contributed by atoms with E-state index in [0.29, 0.717) is 39.3 Å². The number of benzene rings is 1. The van der Waals surface area contributed by atoms with Crippen LogP contribution in [0.5, 0.6) is 0 Å². The van der Waals surface area contributed by atoms with Crippen molar-refractivity contribution < 1.29 is 13.9 Å². The lowest BCUT2D eigenvalue weighted by molar-refractivity contribution is -0.122. The SMILES string of the molecule is Cc1cccn2c(=O)c(/C=C3/SC(=S)N(Cc4ccc(F)cc4)C3=O)c(N3CC(C)OC(C)C3)nc12. The zero-order valence-corrected chi connectivity index (χ0v) is 21.7. The second-order valence-corrected chi connectivity index (χ2v) is 10.8. The third-order valence-electron chi connectivity index (χ3n) is 6.19. The Morgan fingerprint density at radius 2 is 1.86 bits per heavy atom. The van der Waals surface area contributed by atoms with Gasteiger partial charge in [-0.25, -0.2) is 9.37 Å². The maximum Gasteiger partial charge on any atom is 0.267 e. The van der Waals surface area contributed by atoms with Gasteiger partial charge in [0.25, 0.3) is 11.5 Å². The summed E-state index contributed by atoms with van der Waals surface area (Å²) < 4.78 is 21.1. The van der Waals surface area contributed by atoms with Crippen LogP contribution in [0.1, 0.15) is 30.5 Å². The molecule has 3 aromatic rings. The zero-order chi connectivity index (χ0) is 25.6. The summed E-state index contributed by atoms with van der Waals surface area (Å²) in [6.07, 6.45) is 3.22. The molecule has 2 saturated heterocycles. The number of fused-ring (bicyclic) bond motifs is 1. The van der Waals surface area contributed by atoms with Gasteiger partial charge in [0.1, 0.15) is 21.6 Å². The Morgan fingerprint density at radius 1 is 1.17 bits per heavy atom. The molecule has 4 heterocycles. The van der Waals surface area contributed by atoms with Crippen LogP contribution in [0.3, 0.4) is 0 Å². The van der Waals surface area contributed by atoms with Crippen LogP contribution in [0.25, 0.3) is 11.7 Å². The quantitative estimate of drug-likeness (QED) is 0.375. The molecule has 2 unspecified atom stereocenters. The smallest absolute Gasteiger partial charge is 0.267 e. The van der Waals surface area contributed by atoms with Gasteiger partial charge in [0.2, 0.25) is 0 Å². The Bertz CT molecular complexity index is 1440. The van der Waals surface area contributed by atoms with E-state index in [4.69, 9.17) is 21.9 Å². The number of pyridine rings is 1. The molecule has 2 aromatic heterocycles. The molecule has 7 nitrogen and oxygen atoms in total. The van der Waals surface area contributed by atoms with E-state index in [1.165, 1.54) is 21.4 Å². The second-order valence-electron chi connectivity index (χ2n) is 9.10. The number of hydrogen-bond donors (Lipinski definition) is 0. The van der Waals surface area contributed by atoms with Crippen LogP contribution in [0, 0.1) is 12.7 Å². The lowest BCUT2D eigenvalue weighted by Crippen LogP contribution is -2.46. The van der Waals surface area contributed by atoms with Crippen molar-refractivity contribution in [2.75, 3.05) is 18.0 Å². The van der Waals surface area contributed by atoms with Gasteiger partial charge in [-0.05, 0) is 56.2 Å². The number of carbonyl (C=O) groups is 1. The summed E-state index contributed by atoms with van der Waals surface area (Å²) in [5, 5.41) is 0. The number of halogens is 1. The summed E-state index contributed by atoms with van der Waals surface area (Å²) in [4.78, 5) is 35.8. The number of thioether (sulfide) groups is 1. The molecule has 36 heavy (non-hydrogen) atoms. The van der Waals surface area contributed by atoms with Crippen molar-refractivity contribution in [2.24, 2.45) is 0 Å². The number of aromatic nitrogens is 2. The number of anilines is 1. The number of thiocarbonyl (C=S) groups is 1. The molecule has 0 radical (unpaired) electrons. The lowest BCUT2D eigenvalue weighted by Gasteiger charge is -2.36. The number of ether oxygens (including phenoxy) is 1. The second kappa shape index (κ2) is 9.76. The molecule has 5 rings (SSSR count). The fraction of sp³-hybridized carbons (Fsp3) is 0.308. The Hall–Kier alpha value is -3.08. The van der Waals surface area contributed by atoms with Crippen LogP contribution < -0.4 is 10.5 Å². The monoisotopic (exact) mass is 524 g/mol. The Balaban J connectivity index is 1.58. The maximum atomic E-state index is 13.7. The fourth-order valence-electron chi connectivity index (χ4n) is 4.56. The lowest BCUT2D eigenvalue weighted by atomic mass is 10.1. The maximum absolute atomic E-state index is 13.7. The summed E-state index contributed by atoms with van der Waals surface area (Å²) in [6.45, 7) is 7.26. The molecule has 186 valence electrons. The molecular formula is C26H25FN4O3S2. The van der Waals surface area contributed by atoms with E-state index in [9.17, 15) is 14.0 Å². The molecule has 10 heteroatoms. The van der Waals surface area contributed by atoms with Crippen LogP contribution in [0.15, 0.2) is 52.3 Å². The summed E-state index contributed by atoms with van der Waals surface area (Å²) in [5.41, 5.74) is 2.29. The predicted molar refractivity (Wildman–Crippen MR) is 144 cm³/mol. The molecule has 2 fully saturated rings. The third kappa shape index (κ3) is 4.68. The van der Waals surface area contributed by atoms with Crippen molar-refractivity contribution in [1.29, 1.82) is 0 Å². The highest BCUT2D eigenvalue weighted by Crippen LogP contribution is 2.35. The van der Waals surface area contributed by atoms with Crippen LogP contribution in [-0.4, -0.2) is 49.8 Å². The number of aryl methyl sites for hydroxylation is 1. The van der Waals surface area contributed by atoms with Crippen LogP contribution >= 0.6 is 24.0 Å². The highest BCUT2D eigenvalue weighted by Gasteiger charge is 2.34. The van der Waals surface area contributed by atoms with Gasteiger partial charge in [-0.3, -0.25) is 18.9 Å². The highest BCUT2D eigenvalue weighted by atomic mass is 32.2. The topological polar surface area (TPSA) is 67.2 Å². The molecule has 1 aromatic carbocycles. The first-order chi connectivity index (χ1) is 17.2. The largest absolute Gasteiger partial charge is 0.372 e. The van der Waals surface area contributed by atoms with Crippen molar-refractivity contribution in [3.8, 4) is 0 Å². The number of morpholine rings is 1. The van der Waals surface area contributed by atoms with Gasteiger partial charge >= 0.3 is 0 Å². The van der Waals surface area contributed by atoms with E-state index in [2.05, 4.69) is 4.90 Å². The summed E-state index contributed by atoms with van der Waals surface area (Å²) in [5.74, 6) is -0.110. The first kappa shape index (κ1) is 24.6. The van der Waals surface area contributed by atoms with Gasteiger partial charge in [0, 0.05) is 19.3 Å². The molecule has 1 amide bonds. The Morgan fingerprint density at radius 3 is 2.56 bits per heavy atom. The first-order valence-electron chi connectivity index (χ1n) is 11.6. The molecule has 0 aliphatic carbocycles. The number of nitrogens with zero attached hydrogens (tertiary/aromatic N) is 4. The molecular weight excluding hydrogens is 499 g/mol. The molecule has 0 N–H and O–H groups in total. The molecule has 0 saturated carbocycles. The van der Waals surface area contributed by atoms with E-state index >= 15 is 0 Å². The number of hydrogen-bond acceptors (Lipinski definition) is 7. The average Bonchev–Trinajstić information content (AvgIpc) is 3.09. The predicted octanol–water partition coefficient (Wildman–Crippen LogP) is 4.16. The van der Waals surface area contributed by atoms with E-state index in [0.717, 1.165) is 22.9 Å². The fourth-order valence-corrected chi connectivity index (χ4v) is 5.80. The number of rotatable bonds is 4.